The highest BCUT2D eigenvalue weighted by atomic mass is 16.5. The van der Waals surface area contributed by atoms with E-state index in [1.807, 2.05) is 27.7 Å². The molecular weight excluding hydrogens is 462 g/mol. The van der Waals surface area contributed by atoms with E-state index in [-0.39, 0.29) is 29.6 Å². The lowest BCUT2D eigenvalue weighted by Gasteiger charge is -2.28. The first-order chi connectivity index (χ1) is 17.1. The summed E-state index contributed by atoms with van der Waals surface area (Å²) in [7, 11) is 0. The average molecular weight is 514 g/mol. The summed E-state index contributed by atoms with van der Waals surface area (Å²) in [6.45, 7) is 13.5. The summed E-state index contributed by atoms with van der Waals surface area (Å²) in [6, 6.07) is -1.15. The molecule has 0 bridgehead atoms. The first-order valence-electron chi connectivity index (χ1n) is 13.7. The second-order valence-electron chi connectivity index (χ2n) is 9.01. The van der Waals surface area contributed by atoms with Crippen molar-refractivity contribution >= 4 is 29.5 Å². The fourth-order valence-electron chi connectivity index (χ4n) is 3.86. The van der Waals surface area contributed by atoms with Crippen molar-refractivity contribution < 1.29 is 28.7 Å². The molecule has 1 aliphatic carbocycles. The van der Waals surface area contributed by atoms with Crippen LogP contribution >= 0.6 is 0 Å². The number of hydrogen-bond donors (Lipinski definition) is 3. The molecule has 4 N–H and O–H groups in total. The van der Waals surface area contributed by atoms with E-state index in [1.54, 1.807) is 13.8 Å². The van der Waals surface area contributed by atoms with Gasteiger partial charge in [0.05, 0.1) is 18.7 Å². The molecule has 1 aliphatic rings. The van der Waals surface area contributed by atoms with Gasteiger partial charge in [0.15, 0.2) is 5.78 Å². The second-order valence-corrected chi connectivity index (χ2v) is 9.01. The predicted molar refractivity (Wildman–Crippen MR) is 142 cm³/mol. The van der Waals surface area contributed by atoms with Crippen molar-refractivity contribution in [2.75, 3.05) is 6.61 Å². The first kappa shape index (κ1) is 35.7. The molecule has 9 nitrogen and oxygen atoms in total. The minimum Gasteiger partial charge on any atom is -0.450 e. The van der Waals surface area contributed by atoms with Crippen molar-refractivity contribution in [3.63, 3.8) is 0 Å². The van der Waals surface area contributed by atoms with Crippen molar-refractivity contribution in [3.8, 4) is 0 Å². The van der Waals surface area contributed by atoms with Gasteiger partial charge in [-0.1, -0.05) is 73.6 Å². The van der Waals surface area contributed by atoms with Crippen LogP contribution in [0.5, 0.6) is 0 Å². The van der Waals surface area contributed by atoms with E-state index in [0.717, 1.165) is 51.4 Å². The Bertz CT molecular complexity index is 662. The van der Waals surface area contributed by atoms with Crippen LogP contribution in [-0.4, -0.2) is 48.2 Å². The molecule has 1 fully saturated rings. The molecule has 0 heterocycles. The summed E-state index contributed by atoms with van der Waals surface area (Å²) in [5.41, 5.74) is 4.90. The predicted octanol–water partition coefficient (Wildman–Crippen LogP) is 4.45. The molecule has 0 aromatic carbocycles. The van der Waals surface area contributed by atoms with Crippen LogP contribution in [0.2, 0.25) is 0 Å². The zero-order chi connectivity index (χ0) is 28.1. The van der Waals surface area contributed by atoms with Crippen molar-refractivity contribution in [1.82, 2.24) is 10.6 Å². The summed E-state index contributed by atoms with van der Waals surface area (Å²) in [4.78, 5) is 56.9. The first-order valence-corrected chi connectivity index (χ1v) is 13.7. The maximum Gasteiger partial charge on any atom is 0.407 e. The number of ketones is 2. The number of amides is 3. The molecule has 36 heavy (non-hydrogen) atoms. The Morgan fingerprint density at radius 2 is 1.53 bits per heavy atom. The Kier molecular flexibility index (Phi) is 21.6. The average Bonchev–Trinajstić information content (AvgIpc) is 2.88. The van der Waals surface area contributed by atoms with Crippen LogP contribution < -0.4 is 16.4 Å². The van der Waals surface area contributed by atoms with Gasteiger partial charge >= 0.3 is 6.09 Å². The molecule has 3 amide bonds. The Labute approximate surface area is 218 Å². The molecule has 0 aromatic heterocycles. The molecule has 1 saturated carbocycles. The molecule has 1 rings (SSSR count). The van der Waals surface area contributed by atoms with Crippen LogP contribution in [0.25, 0.3) is 0 Å². The normalized spacial score (nSPS) is 15.4. The minimum atomic E-state index is -1.00. The Balaban J connectivity index is 0. The highest BCUT2D eigenvalue weighted by molar-refractivity contribution is 6.37. The van der Waals surface area contributed by atoms with E-state index in [9.17, 15) is 24.0 Å². The van der Waals surface area contributed by atoms with Crippen LogP contribution in [0, 0.1) is 11.8 Å². The molecule has 0 aliphatic heterocycles. The third-order valence-electron chi connectivity index (χ3n) is 5.99. The molecule has 9 heteroatoms. The molecular formula is C27H51N3O6. The SMILES string of the molecule is CC.CCCCC(C)C(=O)NC(CC)C(=O)C(N)=O.CCCOC(=O)NC(C(C)=O)C1CCCCC1. The molecule has 0 radical (unpaired) electrons. The van der Waals surface area contributed by atoms with E-state index in [4.69, 9.17) is 10.5 Å². The van der Waals surface area contributed by atoms with Crippen LogP contribution in [0.4, 0.5) is 4.79 Å². The molecule has 3 unspecified atom stereocenters. The van der Waals surface area contributed by atoms with Crippen LogP contribution in [0.3, 0.4) is 0 Å². The monoisotopic (exact) mass is 513 g/mol. The van der Waals surface area contributed by atoms with E-state index in [1.165, 1.54) is 6.42 Å². The lowest BCUT2D eigenvalue weighted by atomic mass is 9.82. The van der Waals surface area contributed by atoms with Gasteiger partial charge in [-0.2, -0.15) is 0 Å². The standard InChI is InChI=1S/C13H23NO3.C12H22N2O3.C2H6/c1-3-9-17-13(16)14-12(10(2)15)11-7-5-4-6-8-11;1-4-6-7-8(3)12(17)14-9(5-2)10(15)11(13)16;1-2/h11-12H,3-9H2,1-2H3,(H,14,16);8-9H,4-7H2,1-3H3,(H2,13,16)(H,14,17);1-2H3. The van der Waals surface area contributed by atoms with Gasteiger partial charge in [0.25, 0.3) is 5.91 Å². The van der Waals surface area contributed by atoms with Crippen molar-refractivity contribution in [2.45, 2.75) is 125 Å². The van der Waals surface area contributed by atoms with Gasteiger partial charge in [-0.3, -0.25) is 19.2 Å². The second kappa shape index (κ2) is 21.8. The van der Waals surface area contributed by atoms with Gasteiger partial charge < -0.3 is 21.1 Å². The maximum absolute atomic E-state index is 11.7. The fraction of sp³-hybridized carbons (Fsp3) is 0.815. The van der Waals surface area contributed by atoms with E-state index in [0.29, 0.717) is 13.0 Å². The van der Waals surface area contributed by atoms with Crippen LogP contribution in [-0.2, 0) is 23.9 Å². The number of Topliss-reactive ketones (excluding diaryl/α,β-unsaturated/α-hetero) is 2. The number of primary amides is 1. The van der Waals surface area contributed by atoms with Crippen LogP contribution in [0.15, 0.2) is 0 Å². The number of unbranched alkanes of at least 4 members (excludes halogenated alkanes) is 1. The zero-order valence-electron chi connectivity index (χ0n) is 23.6. The van der Waals surface area contributed by atoms with E-state index in [2.05, 4.69) is 17.6 Å². The van der Waals surface area contributed by atoms with Gasteiger partial charge in [0, 0.05) is 5.92 Å². The molecule has 210 valence electrons. The number of nitrogens with two attached hydrogens (primary N) is 1. The molecule has 0 aromatic rings. The lowest BCUT2D eigenvalue weighted by Crippen LogP contribution is -2.47. The number of carbonyl (C=O) groups excluding carboxylic acids is 5. The summed E-state index contributed by atoms with van der Waals surface area (Å²) >= 11 is 0. The third kappa shape index (κ3) is 15.5. The van der Waals surface area contributed by atoms with Crippen molar-refractivity contribution in [3.05, 3.63) is 0 Å². The summed E-state index contributed by atoms with van der Waals surface area (Å²) in [5, 5.41) is 5.28. The maximum atomic E-state index is 11.7. The van der Waals surface area contributed by atoms with Gasteiger partial charge in [0.1, 0.15) is 0 Å². The highest BCUT2D eigenvalue weighted by Crippen LogP contribution is 2.27. The van der Waals surface area contributed by atoms with Gasteiger partial charge in [0.2, 0.25) is 11.7 Å². The van der Waals surface area contributed by atoms with Crippen LogP contribution in [0.1, 0.15) is 113 Å². The highest BCUT2D eigenvalue weighted by Gasteiger charge is 2.29. The van der Waals surface area contributed by atoms with Gasteiger partial charge in [-0.25, -0.2) is 4.79 Å². The number of carbonyl (C=O) groups is 5. The number of hydrogen-bond acceptors (Lipinski definition) is 6. The summed E-state index contributed by atoms with van der Waals surface area (Å²) in [6.07, 6.45) is 9.07. The quantitative estimate of drug-likeness (QED) is 0.310. The third-order valence-corrected chi connectivity index (χ3v) is 5.99. The number of ether oxygens (including phenoxy) is 1. The summed E-state index contributed by atoms with van der Waals surface area (Å²) < 4.78 is 4.96. The van der Waals surface area contributed by atoms with Gasteiger partial charge in [-0.15, -0.1) is 0 Å². The Morgan fingerprint density at radius 3 is 1.97 bits per heavy atom. The minimum absolute atomic E-state index is 0.0327. The number of nitrogens with one attached hydrogen (secondary N) is 2. The smallest absolute Gasteiger partial charge is 0.407 e. The topological polar surface area (TPSA) is 145 Å². The zero-order valence-corrected chi connectivity index (χ0v) is 23.6. The molecule has 0 spiro atoms. The lowest BCUT2D eigenvalue weighted by molar-refractivity contribution is -0.138. The van der Waals surface area contributed by atoms with Crippen molar-refractivity contribution in [1.29, 1.82) is 0 Å². The van der Waals surface area contributed by atoms with E-state index < -0.39 is 23.8 Å². The molecule has 3 atom stereocenters. The number of rotatable bonds is 13. The Hall–Kier alpha value is -2.45. The van der Waals surface area contributed by atoms with Crippen molar-refractivity contribution in [2.24, 2.45) is 17.6 Å². The summed E-state index contributed by atoms with van der Waals surface area (Å²) in [5.74, 6) is -1.76. The van der Waals surface area contributed by atoms with E-state index >= 15 is 0 Å². The largest absolute Gasteiger partial charge is 0.450 e. The number of alkyl carbamates (subject to hydrolysis) is 1. The fourth-order valence-corrected chi connectivity index (χ4v) is 3.86. The molecule has 0 saturated heterocycles. The Morgan fingerprint density at radius 1 is 0.944 bits per heavy atom. The van der Waals surface area contributed by atoms with Gasteiger partial charge in [-0.05, 0) is 44.9 Å².